The van der Waals surface area contributed by atoms with Crippen molar-refractivity contribution in [2.75, 3.05) is 33.0 Å². The van der Waals surface area contributed by atoms with Gasteiger partial charge in [-0.1, -0.05) is 0 Å². The molecule has 0 saturated carbocycles. The van der Waals surface area contributed by atoms with Crippen molar-refractivity contribution in [1.82, 2.24) is 0 Å². The molecule has 0 aliphatic heterocycles. The Morgan fingerprint density at radius 2 is 0.429 bits per heavy atom. The Bertz CT molecular complexity index is 1610. The fourth-order valence-corrected chi connectivity index (χ4v) is 13.1. The van der Waals surface area contributed by atoms with Crippen molar-refractivity contribution in [1.29, 1.82) is 0 Å². The van der Waals surface area contributed by atoms with Crippen LogP contribution in [0, 0.1) is 0 Å². The summed E-state index contributed by atoms with van der Waals surface area (Å²) in [6.45, 7) is 12.3. The van der Waals surface area contributed by atoms with Crippen LogP contribution in [-0.2, 0) is 0 Å². The first-order chi connectivity index (χ1) is 27.4. The summed E-state index contributed by atoms with van der Waals surface area (Å²) in [5, 5.41) is 0. The molecule has 300 valence electrons. The number of benzene rings is 5. The molecule has 11 heteroatoms. The van der Waals surface area contributed by atoms with Crippen LogP contribution in [0.4, 0.5) is 0 Å². The molecule has 0 bridgehead atoms. The van der Waals surface area contributed by atoms with E-state index in [0.29, 0.717) is 61.8 Å². The van der Waals surface area contributed by atoms with Gasteiger partial charge in [0.25, 0.3) is 0 Å². The standard InChI is InChI=1S/5C9H12O2.Sb/c5*1-2-7-11-9-6-4-3-5-8(9)10;/h5*3-6,10H,2,7H2,1H3;/q;;;;;+5/p-5. The Hall–Kier alpha value is -5.08. The molecule has 0 spiro atoms. The Labute approximate surface area is 335 Å². The van der Waals surface area contributed by atoms with E-state index in [-0.39, 0.29) is 28.7 Å². The van der Waals surface area contributed by atoms with Crippen LogP contribution in [-0.4, -0.2) is 52.5 Å². The minimum atomic E-state index is -7.13. The second-order valence-electron chi connectivity index (χ2n) is 12.7. The van der Waals surface area contributed by atoms with Crippen molar-refractivity contribution in [3.8, 4) is 57.5 Å². The van der Waals surface area contributed by atoms with E-state index in [1.54, 1.807) is 30.3 Å². The molecular formula is C45H55O10Sb. The summed E-state index contributed by atoms with van der Waals surface area (Å²) in [6, 6.07) is 36.5. The molecule has 0 aromatic heterocycles. The molecule has 10 nitrogen and oxygen atoms in total. The van der Waals surface area contributed by atoms with Crippen molar-refractivity contribution in [2.45, 2.75) is 66.7 Å². The van der Waals surface area contributed by atoms with E-state index >= 15 is 0 Å². The van der Waals surface area contributed by atoms with Crippen molar-refractivity contribution >= 4 is 19.5 Å². The molecule has 0 N–H and O–H groups in total. The van der Waals surface area contributed by atoms with Crippen molar-refractivity contribution in [3.63, 3.8) is 0 Å². The van der Waals surface area contributed by atoms with Gasteiger partial charge in [-0.15, -0.1) is 0 Å². The van der Waals surface area contributed by atoms with E-state index in [0.717, 1.165) is 32.1 Å². The monoisotopic (exact) mass is 876 g/mol. The molecule has 0 amide bonds. The van der Waals surface area contributed by atoms with Gasteiger partial charge in [-0.2, -0.15) is 0 Å². The quantitative estimate of drug-likeness (QED) is 0.0528. The van der Waals surface area contributed by atoms with Gasteiger partial charge in [0.1, 0.15) is 0 Å². The molecule has 5 rings (SSSR count). The number of ether oxygens (including phenoxy) is 5. The minimum absolute atomic E-state index is 0.264. The van der Waals surface area contributed by atoms with E-state index in [9.17, 15) is 0 Å². The van der Waals surface area contributed by atoms with Gasteiger partial charge in [-0.25, -0.2) is 0 Å². The third kappa shape index (κ3) is 11.3. The van der Waals surface area contributed by atoms with Crippen LogP contribution in [0.15, 0.2) is 121 Å². The maximum atomic E-state index is 7.34. The molecule has 0 heterocycles. The number of hydrogen-bond acceptors (Lipinski definition) is 10. The predicted molar refractivity (Wildman–Crippen MR) is 220 cm³/mol. The Morgan fingerprint density at radius 3 is 0.589 bits per heavy atom. The first kappa shape index (κ1) is 42.1. The van der Waals surface area contributed by atoms with Gasteiger partial charge in [-0.3, -0.25) is 0 Å². The van der Waals surface area contributed by atoms with Crippen molar-refractivity contribution in [2.24, 2.45) is 0 Å². The summed E-state index contributed by atoms with van der Waals surface area (Å²) in [5.74, 6) is 3.49. The topological polar surface area (TPSA) is 92.3 Å². The number of hydrogen-bond donors (Lipinski definition) is 0. The maximum absolute atomic E-state index is 7.34. The zero-order chi connectivity index (χ0) is 39.5. The zero-order valence-corrected chi connectivity index (χ0v) is 35.7. The molecule has 0 aliphatic carbocycles. The van der Waals surface area contributed by atoms with Gasteiger partial charge in [0.15, 0.2) is 0 Å². The van der Waals surface area contributed by atoms with Crippen molar-refractivity contribution < 1.29 is 38.8 Å². The van der Waals surface area contributed by atoms with E-state index < -0.39 is 19.5 Å². The normalized spacial score (nSPS) is 11.7. The molecule has 0 atom stereocenters. The summed E-state index contributed by atoms with van der Waals surface area (Å²) >= 11 is -7.13. The fourth-order valence-electron chi connectivity index (χ4n) is 5.27. The Balaban J connectivity index is 1.91. The summed E-state index contributed by atoms with van der Waals surface area (Å²) in [4.78, 5) is 0. The molecule has 0 unspecified atom stereocenters. The summed E-state index contributed by atoms with van der Waals surface area (Å²) < 4.78 is 68.0. The molecule has 0 aliphatic rings. The second kappa shape index (κ2) is 21.3. The average Bonchev–Trinajstić information content (AvgIpc) is 3.22. The summed E-state index contributed by atoms with van der Waals surface area (Å²) in [7, 11) is 0. The van der Waals surface area contributed by atoms with Crippen LogP contribution in [0.5, 0.6) is 57.5 Å². The predicted octanol–water partition coefficient (Wildman–Crippen LogP) is 11.2. The third-order valence-corrected chi connectivity index (χ3v) is 14.9. The molecule has 0 radical (unpaired) electrons. The van der Waals surface area contributed by atoms with E-state index in [1.165, 1.54) is 0 Å². The third-order valence-electron chi connectivity index (χ3n) is 7.79. The van der Waals surface area contributed by atoms with Crippen LogP contribution < -0.4 is 38.8 Å². The van der Waals surface area contributed by atoms with Gasteiger partial charge in [0.2, 0.25) is 0 Å². The average molecular weight is 878 g/mol. The molecule has 0 fully saturated rings. The van der Waals surface area contributed by atoms with Gasteiger partial charge in [-0.05, 0) is 0 Å². The first-order valence-corrected chi connectivity index (χ1v) is 24.8. The zero-order valence-electron chi connectivity index (χ0n) is 33.1. The second-order valence-corrected chi connectivity index (χ2v) is 19.5. The number of rotatable bonds is 25. The Kier molecular flexibility index (Phi) is 16.0. The van der Waals surface area contributed by atoms with Crippen LogP contribution in [0.2, 0.25) is 0 Å². The van der Waals surface area contributed by atoms with Crippen LogP contribution >= 0.6 is 0 Å². The van der Waals surface area contributed by atoms with Gasteiger partial charge in [0.05, 0.1) is 0 Å². The summed E-state index contributed by atoms with van der Waals surface area (Å²) in [6.07, 6.45) is 3.81. The Morgan fingerprint density at radius 1 is 0.268 bits per heavy atom. The SMILES string of the molecule is CCCOc1ccccc1[O][Sb]([O]c1ccccc1OCCC)([O]c1ccccc1OCCC)([O]c1ccccc1OCCC)[O]c1ccccc1OCCC. The molecule has 5 aromatic carbocycles. The van der Waals surface area contributed by atoms with Gasteiger partial charge < -0.3 is 0 Å². The van der Waals surface area contributed by atoms with Crippen LogP contribution in [0.3, 0.4) is 0 Å². The molecule has 0 saturated heterocycles. The van der Waals surface area contributed by atoms with E-state index in [4.69, 9.17) is 38.8 Å². The van der Waals surface area contributed by atoms with Gasteiger partial charge in [0, 0.05) is 0 Å². The molecule has 56 heavy (non-hydrogen) atoms. The van der Waals surface area contributed by atoms with Crippen LogP contribution in [0.25, 0.3) is 0 Å². The van der Waals surface area contributed by atoms with Crippen molar-refractivity contribution in [3.05, 3.63) is 121 Å². The fraction of sp³-hybridized carbons (Fsp3) is 0.333. The van der Waals surface area contributed by atoms with Gasteiger partial charge >= 0.3 is 337 Å². The molecular weight excluding hydrogens is 822 g/mol. The van der Waals surface area contributed by atoms with E-state index in [2.05, 4.69) is 0 Å². The van der Waals surface area contributed by atoms with Crippen LogP contribution in [0.1, 0.15) is 66.7 Å². The number of para-hydroxylation sites is 10. The summed E-state index contributed by atoms with van der Waals surface area (Å²) in [5.41, 5.74) is 0. The molecule has 5 aromatic rings. The van der Waals surface area contributed by atoms with E-state index in [1.807, 2.05) is 126 Å². The first-order valence-electron chi connectivity index (χ1n) is 19.6.